The molecule has 0 aromatic heterocycles. The Morgan fingerprint density at radius 3 is 2.52 bits per heavy atom. The van der Waals surface area contributed by atoms with Crippen molar-refractivity contribution in [2.24, 2.45) is 0 Å². The van der Waals surface area contributed by atoms with Gasteiger partial charge in [-0.05, 0) is 43.7 Å². The van der Waals surface area contributed by atoms with Crippen LogP contribution in [0.3, 0.4) is 0 Å². The van der Waals surface area contributed by atoms with Gasteiger partial charge in [-0.1, -0.05) is 29.3 Å². The lowest BCUT2D eigenvalue weighted by molar-refractivity contribution is -0.137. The number of ether oxygens (including phenoxy) is 1. The average molecular weight is 387 g/mol. The summed E-state index contributed by atoms with van der Waals surface area (Å²) < 4.78 is 5.88. The fraction of sp³-hybridized carbons (Fsp3) is 0.200. The number of rotatable bonds is 6. The molecule has 2 N–H and O–H groups in total. The maximum Gasteiger partial charge on any atom is 0.277 e. The number of aliphatic hydroxyl groups is 1. The van der Waals surface area contributed by atoms with E-state index in [-0.39, 0.29) is 18.8 Å². The molecule has 2 amide bonds. The van der Waals surface area contributed by atoms with Crippen LogP contribution in [0, 0.1) is 13.8 Å². The minimum atomic E-state index is -0.485. The smallest absolute Gasteiger partial charge is 0.277 e. The third-order valence-electron chi connectivity index (χ3n) is 4.09. The number of imide groups is 1. The van der Waals surface area contributed by atoms with Crippen LogP contribution < -0.4 is 10.1 Å². The highest BCUT2D eigenvalue weighted by molar-refractivity contribution is 6.32. The van der Waals surface area contributed by atoms with Gasteiger partial charge in [0, 0.05) is 11.8 Å². The second-order valence-electron chi connectivity index (χ2n) is 6.22. The summed E-state index contributed by atoms with van der Waals surface area (Å²) in [6.45, 7) is 3.65. The molecule has 0 bridgehead atoms. The zero-order valence-corrected chi connectivity index (χ0v) is 15.7. The van der Waals surface area contributed by atoms with Crippen molar-refractivity contribution in [3.63, 3.8) is 0 Å². The van der Waals surface area contributed by atoms with E-state index < -0.39 is 11.8 Å². The summed E-state index contributed by atoms with van der Waals surface area (Å²) in [5.41, 5.74) is 2.82. The number of nitrogens with one attached hydrogen (secondary N) is 1. The molecule has 0 saturated heterocycles. The number of hydrogen-bond acceptors (Lipinski definition) is 5. The minimum absolute atomic E-state index is 0.0389. The molecule has 2 aromatic carbocycles. The molecular formula is C20H19ClN2O4. The highest BCUT2D eigenvalue weighted by Crippen LogP contribution is 2.33. The van der Waals surface area contributed by atoms with Crippen LogP contribution in [0.2, 0.25) is 5.02 Å². The predicted molar refractivity (Wildman–Crippen MR) is 103 cm³/mol. The molecule has 7 heteroatoms. The number of benzene rings is 2. The molecular weight excluding hydrogens is 368 g/mol. The molecule has 0 aliphatic carbocycles. The highest BCUT2D eigenvalue weighted by atomic mass is 35.5. The third kappa shape index (κ3) is 4.13. The normalized spacial score (nSPS) is 13.8. The monoisotopic (exact) mass is 386 g/mol. The second-order valence-corrected chi connectivity index (χ2v) is 6.63. The summed E-state index contributed by atoms with van der Waals surface area (Å²) in [5, 5.41) is 12.2. The summed E-state index contributed by atoms with van der Waals surface area (Å²) in [4.78, 5) is 24.9. The number of β-amino-alcohol motifs (C(OH)–C–C–N with tert-alkyl or cyclic N) is 1. The molecule has 0 atom stereocenters. The Morgan fingerprint density at radius 2 is 1.85 bits per heavy atom. The molecule has 0 saturated carbocycles. The minimum Gasteiger partial charge on any atom is -0.456 e. The van der Waals surface area contributed by atoms with Gasteiger partial charge in [0.1, 0.15) is 17.2 Å². The van der Waals surface area contributed by atoms with Gasteiger partial charge in [0.05, 0.1) is 18.2 Å². The van der Waals surface area contributed by atoms with E-state index in [2.05, 4.69) is 5.32 Å². The number of amides is 2. The predicted octanol–water partition coefficient (Wildman–Crippen LogP) is 3.41. The lowest BCUT2D eigenvalue weighted by Crippen LogP contribution is -2.34. The zero-order valence-electron chi connectivity index (χ0n) is 15.0. The molecule has 1 heterocycles. The third-order valence-corrected chi connectivity index (χ3v) is 4.39. The first-order chi connectivity index (χ1) is 12.9. The highest BCUT2D eigenvalue weighted by Gasteiger charge is 2.30. The molecule has 3 rings (SSSR count). The Balaban J connectivity index is 1.74. The van der Waals surface area contributed by atoms with E-state index in [0.29, 0.717) is 22.2 Å². The molecule has 0 radical (unpaired) electrons. The van der Waals surface area contributed by atoms with Crippen molar-refractivity contribution in [2.75, 3.05) is 18.5 Å². The molecule has 1 aliphatic heterocycles. The number of nitrogens with zero attached hydrogens (tertiary/aromatic N) is 1. The zero-order chi connectivity index (χ0) is 19.6. The largest absolute Gasteiger partial charge is 0.456 e. The summed E-state index contributed by atoms with van der Waals surface area (Å²) >= 11 is 6.31. The van der Waals surface area contributed by atoms with E-state index >= 15 is 0 Å². The van der Waals surface area contributed by atoms with Crippen LogP contribution in [0.25, 0.3) is 0 Å². The quantitative estimate of drug-likeness (QED) is 0.744. The van der Waals surface area contributed by atoms with Crippen LogP contribution in [0.4, 0.5) is 5.69 Å². The standard InChI is InChI=1S/C20H19ClN2O4/c1-12-3-5-17(13(2)9-12)27-18-6-4-14(10-15(18)21)22-16-11-19(25)23(7-8-24)20(16)26/h3-6,9-11,22,24H,7-8H2,1-2H3. The molecule has 140 valence electrons. The van der Waals surface area contributed by atoms with Gasteiger partial charge in [-0.2, -0.15) is 0 Å². The topological polar surface area (TPSA) is 78.9 Å². The van der Waals surface area contributed by atoms with Crippen molar-refractivity contribution in [1.29, 1.82) is 0 Å². The lowest BCUT2D eigenvalue weighted by Gasteiger charge is -2.14. The van der Waals surface area contributed by atoms with Crippen LogP contribution in [-0.2, 0) is 9.59 Å². The van der Waals surface area contributed by atoms with Gasteiger partial charge in [-0.15, -0.1) is 0 Å². The van der Waals surface area contributed by atoms with Crippen molar-refractivity contribution in [3.05, 3.63) is 64.3 Å². The molecule has 27 heavy (non-hydrogen) atoms. The van der Waals surface area contributed by atoms with Crippen LogP contribution in [0.15, 0.2) is 48.2 Å². The first-order valence-electron chi connectivity index (χ1n) is 8.39. The van der Waals surface area contributed by atoms with E-state index in [0.717, 1.165) is 16.0 Å². The Kier molecular flexibility index (Phi) is 5.48. The molecule has 0 spiro atoms. The summed E-state index contributed by atoms with van der Waals surface area (Å²) in [6.07, 6.45) is 1.20. The summed E-state index contributed by atoms with van der Waals surface area (Å²) in [5.74, 6) is 0.249. The van der Waals surface area contributed by atoms with Gasteiger partial charge in [0.25, 0.3) is 11.8 Å². The van der Waals surface area contributed by atoms with E-state index in [1.165, 1.54) is 6.08 Å². The average Bonchev–Trinajstić information content (AvgIpc) is 2.87. The Bertz CT molecular complexity index is 940. The second kappa shape index (κ2) is 7.82. The van der Waals surface area contributed by atoms with Crippen molar-refractivity contribution < 1.29 is 19.4 Å². The number of aryl methyl sites for hydroxylation is 2. The first kappa shape index (κ1) is 18.9. The molecule has 6 nitrogen and oxygen atoms in total. The van der Waals surface area contributed by atoms with Gasteiger partial charge in [-0.3, -0.25) is 14.5 Å². The SMILES string of the molecule is Cc1ccc(Oc2ccc(NC3=CC(=O)N(CCO)C3=O)cc2Cl)c(C)c1. The van der Waals surface area contributed by atoms with E-state index in [4.69, 9.17) is 21.4 Å². The van der Waals surface area contributed by atoms with Gasteiger partial charge in [0.2, 0.25) is 0 Å². The van der Waals surface area contributed by atoms with E-state index in [1.54, 1.807) is 18.2 Å². The number of anilines is 1. The van der Waals surface area contributed by atoms with Crippen LogP contribution in [0.5, 0.6) is 11.5 Å². The van der Waals surface area contributed by atoms with E-state index in [9.17, 15) is 9.59 Å². The Morgan fingerprint density at radius 1 is 1.11 bits per heavy atom. The fourth-order valence-electron chi connectivity index (χ4n) is 2.76. The van der Waals surface area contributed by atoms with Gasteiger partial charge >= 0.3 is 0 Å². The molecule has 1 aliphatic rings. The van der Waals surface area contributed by atoms with Crippen molar-refractivity contribution in [2.45, 2.75) is 13.8 Å². The Labute approximate surface area is 162 Å². The number of carbonyl (C=O) groups is 2. The number of carbonyl (C=O) groups excluding carboxylic acids is 2. The van der Waals surface area contributed by atoms with Crippen LogP contribution in [-0.4, -0.2) is 35.0 Å². The Hall–Kier alpha value is -2.83. The first-order valence-corrected chi connectivity index (χ1v) is 8.77. The summed E-state index contributed by atoms with van der Waals surface area (Å²) in [7, 11) is 0. The van der Waals surface area contributed by atoms with Gasteiger partial charge in [-0.25, -0.2) is 0 Å². The summed E-state index contributed by atoms with van der Waals surface area (Å²) in [6, 6.07) is 10.9. The lowest BCUT2D eigenvalue weighted by atomic mass is 10.1. The van der Waals surface area contributed by atoms with Gasteiger partial charge in [0.15, 0.2) is 0 Å². The number of halogens is 1. The van der Waals surface area contributed by atoms with Crippen molar-refractivity contribution >= 4 is 29.1 Å². The number of hydrogen-bond donors (Lipinski definition) is 2. The maximum atomic E-state index is 12.2. The van der Waals surface area contributed by atoms with Crippen LogP contribution >= 0.6 is 11.6 Å². The molecule has 2 aromatic rings. The van der Waals surface area contributed by atoms with Crippen molar-refractivity contribution in [3.8, 4) is 11.5 Å². The van der Waals surface area contributed by atoms with Crippen LogP contribution in [0.1, 0.15) is 11.1 Å². The maximum absolute atomic E-state index is 12.2. The fourth-order valence-corrected chi connectivity index (χ4v) is 2.98. The van der Waals surface area contributed by atoms with Gasteiger partial charge < -0.3 is 15.2 Å². The van der Waals surface area contributed by atoms with Crippen molar-refractivity contribution in [1.82, 2.24) is 4.90 Å². The number of aliphatic hydroxyl groups excluding tert-OH is 1. The molecule has 0 fully saturated rings. The molecule has 0 unspecified atom stereocenters. The van der Waals surface area contributed by atoms with E-state index in [1.807, 2.05) is 32.0 Å².